The van der Waals surface area contributed by atoms with Gasteiger partial charge < -0.3 is 14.6 Å². The molecule has 0 aliphatic carbocycles. The third-order valence-electron chi connectivity index (χ3n) is 2.24. The number of esters is 2. The SMILES string of the molecule is CCOC(=O)Cc1ccc(C(=O)OCC)cc1O. The first-order chi connectivity index (χ1) is 8.58. The molecule has 5 nitrogen and oxygen atoms in total. The van der Waals surface area contributed by atoms with Gasteiger partial charge in [-0.05, 0) is 26.0 Å². The van der Waals surface area contributed by atoms with Crippen LogP contribution in [0.15, 0.2) is 18.2 Å². The molecule has 0 aliphatic heterocycles. The summed E-state index contributed by atoms with van der Waals surface area (Å²) in [6.45, 7) is 3.97. The molecule has 0 aliphatic rings. The minimum atomic E-state index is -0.504. The first kappa shape index (κ1) is 14.0. The molecule has 0 saturated heterocycles. The van der Waals surface area contributed by atoms with Gasteiger partial charge in [-0.3, -0.25) is 4.79 Å². The largest absolute Gasteiger partial charge is 0.508 e. The molecule has 98 valence electrons. The molecule has 0 bridgehead atoms. The second-order valence-corrected chi connectivity index (χ2v) is 3.55. The van der Waals surface area contributed by atoms with Crippen LogP contribution in [0.25, 0.3) is 0 Å². The molecule has 0 heterocycles. The van der Waals surface area contributed by atoms with Gasteiger partial charge in [0.1, 0.15) is 5.75 Å². The minimum absolute atomic E-state index is 0.0250. The lowest BCUT2D eigenvalue weighted by Gasteiger charge is -2.07. The third kappa shape index (κ3) is 3.76. The molecule has 1 aromatic rings. The lowest BCUT2D eigenvalue weighted by atomic mass is 10.1. The van der Waals surface area contributed by atoms with Gasteiger partial charge in [-0.1, -0.05) is 6.07 Å². The van der Waals surface area contributed by atoms with E-state index < -0.39 is 11.9 Å². The topological polar surface area (TPSA) is 72.8 Å². The van der Waals surface area contributed by atoms with Gasteiger partial charge in [-0.2, -0.15) is 0 Å². The lowest BCUT2D eigenvalue weighted by molar-refractivity contribution is -0.142. The predicted octanol–water partition coefficient (Wildman–Crippen LogP) is 1.67. The Labute approximate surface area is 105 Å². The molecule has 0 spiro atoms. The highest BCUT2D eigenvalue weighted by atomic mass is 16.5. The number of ether oxygens (including phenoxy) is 2. The maximum atomic E-state index is 11.4. The van der Waals surface area contributed by atoms with E-state index in [9.17, 15) is 14.7 Å². The van der Waals surface area contributed by atoms with Gasteiger partial charge in [0.05, 0.1) is 25.2 Å². The molecule has 0 saturated carbocycles. The number of hydrogen-bond donors (Lipinski definition) is 1. The predicted molar refractivity (Wildman–Crippen MR) is 64.4 cm³/mol. The summed E-state index contributed by atoms with van der Waals surface area (Å²) < 4.78 is 9.58. The van der Waals surface area contributed by atoms with Crippen LogP contribution in [0.3, 0.4) is 0 Å². The molecule has 1 rings (SSSR count). The monoisotopic (exact) mass is 252 g/mol. The summed E-state index contributed by atoms with van der Waals surface area (Å²) in [7, 11) is 0. The number of phenols is 1. The smallest absolute Gasteiger partial charge is 0.338 e. The second-order valence-electron chi connectivity index (χ2n) is 3.55. The summed E-state index contributed by atoms with van der Waals surface area (Å²) in [5.41, 5.74) is 0.670. The van der Waals surface area contributed by atoms with Crippen molar-refractivity contribution in [3.05, 3.63) is 29.3 Å². The highest BCUT2D eigenvalue weighted by Gasteiger charge is 2.12. The quantitative estimate of drug-likeness (QED) is 0.807. The van der Waals surface area contributed by atoms with Crippen molar-refractivity contribution in [1.29, 1.82) is 0 Å². The molecule has 1 aromatic carbocycles. The van der Waals surface area contributed by atoms with E-state index in [0.29, 0.717) is 12.2 Å². The van der Waals surface area contributed by atoms with Gasteiger partial charge in [0, 0.05) is 5.56 Å². The molecule has 0 aromatic heterocycles. The van der Waals surface area contributed by atoms with E-state index in [4.69, 9.17) is 9.47 Å². The van der Waals surface area contributed by atoms with Crippen LogP contribution >= 0.6 is 0 Å². The van der Waals surface area contributed by atoms with Crippen molar-refractivity contribution >= 4 is 11.9 Å². The van der Waals surface area contributed by atoms with Crippen molar-refractivity contribution in [3.63, 3.8) is 0 Å². The van der Waals surface area contributed by atoms with Crippen LogP contribution < -0.4 is 0 Å². The number of benzene rings is 1. The van der Waals surface area contributed by atoms with Crippen molar-refractivity contribution in [1.82, 2.24) is 0 Å². The first-order valence-corrected chi connectivity index (χ1v) is 5.73. The molecule has 0 unspecified atom stereocenters. The Morgan fingerprint density at radius 2 is 1.83 bits per heavy atom. The van der Waals surface area contributed by atoms with Crippen molar-refractivity contribution in [2.75, 3.05) is 13.2 Å². The summed E-state index contributed by atoms with van der Waals surface area (Å²) in [6, 6.07) is 4.30. The Kier molecular flexibility index (Phi) is 5.17. The van der Waals surface area contributed by atoms with E-state index in [1.54, 1.807) is 13.8 Å². The highest BCUT2D eigenvalue weighted by molar-refractivity contribution is 5.90. The summed E-state index contributed by atoms with van der Waals surface area (Å²) in [4.78, 5) is 22.7. The number of carbonyl (C=O) groups is 2. The van der Waals surface area contributed by atoms with Crippen LogP contribution in [-0.2, 0) is 20.7 Å². The fraction of sp³-hybridized carbons (Fsp3) is 0.385. The number of aromatic hydroxyl groups is 1. The van der Waals surface area contributed by atoms with E-state index >= 15 is 0 Å². The zero-order chi connectivity index (χ0) is 13.5. The van der Waals surface area contributed by atoms with Gasteiger partial charge in [0.2, 0.25) is 0 Å². The first-order valence-electron chi connectivity index (χ1n) is 5.73. The minimum Gasteiger partial charge on any atom is -0.508 e. The Morgan fingerprint density at radius 3 is 2.39 bits per heavy atom. The molecule has 0 radical (unpaired) electrons. The molecule has 18 heavy (non-hydrogen) atoms. The maximum absolute atomic E-state index is 11.4. The zero-order valence-electron chi connectivity index (χ0n) is 10.4. The van der Waals surface area contributed by atoms with Crippen molar-refractivity contribution < 1.29 is 24.2 Å². The van der Waals surface area contributed by atoms with Crippen LogP contribution in [0, 0.1) is 0 Å². The second kappa shape index (κ2) is 6.64. The lowest BCUT2D eigenvalue weighted by Crippen LogP contribution is -2.09. The number of carbonyl (C=O) groups excluding carboxylic acids is 2. The summed E-state index contributed by atoms with van der Waals surface area (Å²) in [6.07, 6.45) is -0.0250. The standard InChI is InChI=1S/C13H16O5/c1-3-17-12(15)8-9-5-6-10(7-11(9)14)13(16)18-4-2/h5-7,14H,3-4,8H2,1-2H3. The molecule has 0 amide bonds. The van der Waals surface area contributed by atoms with Gasteiger partial charge in [0.25, 0.3) is 0 Å². The summed E-state index contributed by atoms with van der Waals surface area (Å²) in [5, 5.41) is 9.71. The van der Waals surface area contributed by atoms with Crippen molar-refractivity contribution in [2.24, 2.45) is 0 Å². The Morgan fingerprint density at radius 1 is 1.17 bits per heavy atom. The van der Waals surface area contributed by atoms with Crippen LogP contribution in [0.4, 0.5) is 0 Å². The number of phenolic OH excluding ortho intramolecular Hbond substituents is 1. The van der Waals surface area contributed by atoms with Crippen LogP contribution in [0.2, 0.25) is 0 Å². The molecule has 5 heteroatoms. The third-order valence-corrected chi connectivity index (χ3v) is 2.24. The molecule has 0 fully saturated rings. The van der Waals surface area contributed by atoms with E-state index in [0.717, 1.165) is 0 Å². The van der Waals surface area contributed by atoms with Crippen LogP contribution in [0.5, 0.6) is 5.75 Å². The Hall–Kier alpha value is -2.04. The van der Waals surface area contributed by atoms with Gasteiger partial charge >= 0.3 is 11.9 Å². The van der Waals surface area contributed by atoms with E-state index in [2.05, 4.69) is 0 Å². The molecule has 0 atom stereocenters. The Balaban J connectivity index is 2.79. The molecule has 1 N–H and O–H groups in total. The fourth-order valence-corrected chi connectivity index (χ4v) is 1.42. The van der Waals surface area contributed by atoms with Gasteiger partial charge in [0.15, 0.2) is 0 Å². The summed E-state index contributed by atoms with van der Waals surface area (Å²) >= 11 is 0. The average Bonchev–Trinajstić information content (AvgIpc) is 2.32. The van der Waals surface area contributed by atoms with Crippen molar-refractivity contribution in [3.8, 4) is 5.75 Å². The normalized spacial score (nSPS) is 9.89. The van der Waals surface area contributed by atoms with Gasteiger partial charge in [-0.25, -0.2) is 4.79 Å². The van der Waals surface area contributed by atoms with Crippen molar-refractivity contribution in [2.45, 2.75) is 20.3 Å². The van der Waals surface area contributed by atoms with E-state index in [-0.39, 0.29) is 24.3 Å². The average molecular weight is 252 g/mol. The number of hydrogen-bond acceptors (Lipinski definition) is 5. The van der Waals surface area contributed by atoms with Gasteiger partial charge in [-0.15, -0.1) is 0 Å². The molecular weight excluding hydrogens is 236 g/mol. The van der Waals surface area contributed by atoms with Crippen LogP contribution in [0.1, 0.15) is 29.8 Å². The molecular formula is C13H16O5. The van der Waals surface area contributed by atoms with E-state index in [1.165, 1.54) is 18.2 Å². The number of rotatable bonds is 5. The summed E-state index contributed by atoms with van der Waals surface area (Å²) in [5.74, 6) is -1.04. The highest BCUT2D eigenvalue weighted by Crippen LogP contribution is 2.20. The maximum Gasteiger partial charge on any atom is 0.338 e. The van der Waals surface area contributed by atoms with Crippen LogP contribution in [-0.4, -0.2) is 30.3 Å². The Bertz CT molecular complexity index is 439. The fourth-order valence-electron chi connectivity index (χ4n) is 1.42. The van der Waals surface area contributed by atoms with E-state index in [1.807, 2.05) is 0 Å². The zero-order valence-corrected chi connectivity index (χ0v) is 10.4.